The van der Waals surface area contributed by atoms with Crippen LogP contribution in [0.4, 0.5) is 0 Å². The van der Waals surface area contributed by atoms with Crippen LogP contribution < -0.4 is 5.43 Å². The van der Waals surface area contributed by atoms with Gasteiger partial charge in [0.15, 0.2) is 0 Å². The Kier molecular flexibility index (Phi) is 2.28. The third-order valence-corrected chi connectivity index (χ3v) is 2.15. The van der Waals surface area contributed by atoms with E-state index in [1.54, 1.807) is 0 Å². The second kappa shape index (κ2) is 2.86. The van der Waals surface area contributed by atoms with E-state index < -0.39 is 0 Å². The molecule has 0 aromatic carbocycles. The lowest BCUT2D eigenvalue weighted by Gasteiger charge is -2.13. The first kappa shape index (κ1) is 7.98. The molecule has 3 nitrogen and oxygen atoms in total. The van der Waals surface area contributed by atoms with Crippen LogP contribution in [0.5, 0.6) is 0 Å². The molecule has 1 N–H and O–H groups in total. The average molecular weight is 145 g/mol. The number of hydrogen-bond acceptors (Lipinski definition) is 2. The molecule has 2 atom stereocenters. The normalized spacial score (nSPS) is 33.9. The molecule has 1 rings (SSSR count). The molecule has 0 spiro atoms. The van der Waals surface area contributed by atoms with Gasteiger partial charge < -0.3 is 0 Å². The van der Waals surface area contributed by atoms with Gasteiger partial charge in [-0.15, -0.1) is 10.3 Å². The van der Waals surface area contributed by atoms with E-state index in [9.17, 15) is 0 Å². The molecule has 0 amide bonds. The highest BCUT2D eigenvalue weighted by Gasteiger charge is 2.46. The van der Waals surface area contributed by atoms with E-state index >= 15 is 0 Å². The summed E-state index contributed by atoms with van der Waals surface area (Å²) in [5.41, 5.74) is 3.13. The van der Waals surface area contributed by atoms with Gasteiger partial charge in [0.05, 0.1) is 0 Å². The topological polar surface area (TPSA) is 24.6 Å². The fourth-order valence-electron chi connectivity index (χ4n) is 1.03. The lowest BCUT2D eigenvalue weighted by Crippen LogP contribution is -2.40. The van der Waals surface area contributed by atoms with E-state index in [1.807, 2.05) is 7.05 Å². The van der Waals surface area contributed by atoms with Gasteiger partial charge in [-0.2, -0.15) is 0 Å². The largest absolute Gasteiger partial charge is 0.285 e. The molecular formula is C7H17N2O+. The smallest absolute Gasteiger partial charge is 0.136 e. The first-order valence-electron chi connectivity index (χ1n) is 3.93. The minimum Gasteiger partial charge on any atom is -0.136 e. The van der Waals surface area contributed by atoms with Gasteiger partial charge in [-0.3, -0.25) is 0 Å². The summed E-state index contributed by atoms with van der Waals surface area (Å²) in [7, 11) is 1.94. The summed E-state index contributed by atoms with van der Waals surface area (Å²) in [6.45, 7) is 6.38. The van der Waals surface area contributed by atoms with Crippen LogP contribution in [0.3, 0.4) is 0 Å². The monoisotopic (exact) mass is 145 g/mol. The highest BCUT2D eigenvalue weighted by Crippen LogP contribution is 2.22. The van der Waals surface area contributed by atoms with Gasteiger partial charge in [0.25, 0.3) is 6.73 Å². The number of quaternary nitrogens is 1. The highest BCUT2D eigenvalue weighted by molar-refractivity contribution is 4.46. The fourth-order valence-corrected chi connectivity index (χ4v) is 1.03. The molecule has 1 heterocycles. The molecule has 0 aromatic heterocycles. The molecule has 0 aromatic rings. The Hall–Kier alpha value is -0.120. The van der Waals surface area contributed by atoms with Crippen LogP contribution in [0, 0.1) is 5.92 Å². The molecule has 0 radical (unpaired) electrons. The Morgan fingerprint density at radius 2 is 2.30 bits per heavy atom. The van der Waals surface area contributed by atoms with E-state index in [-0.39, 0.29) is 0 Å². The molecule has 0 bridgehead atoms. The first-order valence-corrected chi connectivity index (χ1v) is 3.93. The van der Waals surface area contributed by atoms with E-state index in [0.29, 0.717) is 4.76 Å². The van der Waals surface area contributed by atoms with Gasteiger partial charge in [0, 0.05) is 13.0 Å². The number of hydrogen-bond donors (Lipinski definition) is 1. The summed E-state index contributed by atoms with van der Waals surface area (Å²) in [5, 5.41) is 0. The predicted octanol–water partition coefficient (Wildman–Crippen LogP) is 0.886. The molecule has 10 heavy (non-hydrogen) atoms. The lowest BCUT2D eigenvalue weighted by molar-refractivity contribution is -0.957. The lowest BCUT2D eigenvalue weighted by atomic mass is 10.1. The zero-order valence-electron chi connectivity index (χ0n) is 7.05. The summed E-state index contributed by atoms with van der Waals surface area (Å²) in [6, 6.07) is 0. The summed E-state index contributed by atoms with van der Waals surface area (Å²) >= 11 is 0. The van der Waals surface area contributed by atoms with E-state index in [1.165, 1.54) is 6.42 Å². The Balaban J connectivity index is 2.23. The van der Waals surface area contributed by atoms with Crippen molar-refractivity contribution in [2.24, 2.45) is 5.92 Å². The maximum Gasteiger partial charge on any atom is 0.285 e. The molecule has 3 heteroatoms. The molecule has 1 aliphatic rings. The van der Waals surface area contributed by atoms with Crippen LogP contribution >= 0.6 is 0 Å². The molecule has 60 valence electrons. The van der Waals surface area contributed by atoms with Gasteiger partial charge in [0.2, 0.25) is 0 Å². The SMILES string of the molecule is CCC(C)C[N+]1(NC)CO1. The maximum atomic E-state index is 5.24. The van der Waals surface area contributed by atoms with Crippen molar-refractivity contribution in [3.63, 3.8) is 0 Å². The van der Waals surface area contributed by atoms with Crippen molar-refractivity contribution < 1.29 is 9.59 Å². The third-order valence-electron chi connectivity index (χ3n) is 2.15. The highest BCUT2D eigenvalue weighted by atomic mass is 16.9. The van der Waals surface area contributed by atoms with Gasteiger partial charge in [-0.05, 0) is 6.42 Å². The molecule has 1 aliphatic heterocycles. The molecule has 0 saturated carbocycles. The van der Waals surface area contributed by atoms with Crippen LogP contribution in [0.25, 0.3) is 0 Å². The van der Waals surface area contributed by atoms with Crippen LogP contribution in [0.2, 0.25) is 0 Å². The van der Waals surface area contributed by atoms with E-state index in [2.05, 4.69) is 19.3 Å². The minimum absolute atomic E-state index is 0.662. The fraction of sp³-hybridized carbons (Fsp3) is 1.00. The Morgan fingerprint density at radius 1 is 1.70 bits per heavy atom. The van der Waals surface area contributed by atoms with Crippen LogP contribution in [0.15, 0.2) is 0 Å². The zero-order valence-corrected chi connectivity index (χ0v) is 7.05. The third kappa shape index (κ3) is 1.68. The van der Waals surface area contributed by atoms with Crippen molar-refractivity contribution in [3.05, 3.63) is 0 Å². The van der Waals surface area contributed by atoms with Gasteiger partial charge in [0.1, 0.15) is 6.54 Å². The summed E-state index contributed by atoms with van der Waals surface area (Å²) in [5.74, 6) is 0.745. The van der Waals surface area contributed by atoms with Crippen LogP contribution in [-0.2, 0) is 4.84 Å². The molecule has 0 aliphatic carbocycles. The predicted molar refractivity (Wildman–Crippen MR) is 39.6 cm³/mol. The second-order valence-corrected chi connectivity index (χ2v) is 3.07. The van der Waals surface area contributed by atoms with Crippen molar-refractivity contribution in [1.82, 2.24) is 5.43 Å². The van der Waals surface area contributed by atoms with Crippen molar-refractivity contribution in [1.29, 1.82) is 0 Å². The van der Waals surface area contributed by atoms with Crippen LogP contribution in [-0.4, -0.2) is 25.1 Å². The maximum absolute atomic E-state index is 5.24. The summed E-state index contributed by atoms with van der Waals surface area (Å²) in [6.07, 6.45) is 1.23. The average Bonchev–Trinajstić information content (AvgIpc) is 2.70. The Bertz CT molecular complexity index is 112. The number of rotatable bonds is 4. The van der Waals surface area contributed by atoms with Gasteiger partial charge in [-0.1, -0.05) is 18.6 Å². The molecule has 1 fully saturated rings. The second-order valence-electron chi connectivity index (χ2n) is 3.07. The van der Waals surface area contributed by atoms with E-state index in [0.717, 1.165) is 19.2 Å². The number of nitrogens with one attached hydrogen (secondary N) is 1. The number of hydroxylamine groups is 2. The minimum atomic E-state index is 0.662. The standard InChI is InChI=1S/C7H17N2O/c1-4-7(2)5-9(8-3)6-10-9/h7-8H,4-6H2,1-3H3/q+1. The molecular weight excluding hydrogens is 128 g/mol. The number of nitrogens with zero attached hydrogens (tertiary/aromatic N) is 1. The van der Waals surface area contributed by atoms with Gasteiger partial charge >= 0.3 is 0 Å². The quantitative estimate of drug-likeness (QED) is 0.469. The zero-order chi connectivity index (χ0) is 7.61. The first-order chi connectivity index (χ1) is 4.72. The van der Waals surface area contributed by atoms with Crippen molar-refractivity contribution in [2.45, 2.75) is 20.3 Å². The van der Waals surface area contributed by atoms with Crippen LogP contribution in [0.1, 0.15) is 20.3 Å². The summed E-state index contributed by atoms with van der Waals surface area (Å²) < 4.78 is 0.662. The van der Waals surface area contributed by atoms with Gasteiger partial charge in [-0.25, -0.2) is 0 Å². The van der Waals surface area contributed by atoms with Crippen molar-refractivity contribution >= 4 is 0 Å². The Labute approximate surface area is 62.5 Å². The summed E-state index contributed by atoms with van der Waals surface area (Å²) in [4.78, 5) is 5.24. The van der Waals surface area contributed by atoms with E-state index in [4.69, 9.17) is 4.84 Å². The molecule has 2 unspecified atom stereocenters. The Morgan fingerprint density at radius 3 is 2.60 bits per heavy atom. The molecule has 1 saturated heterocycles. The van der Waals surface area contributed by atoms with Crippen molar-refractivity contribution in [3.8, 4) is 0 Å². The van der Waals surface area contributed by atoms with Crippen molar-refractivity contribution in [2.75, 3.05) is 20.3 Å².